The van der Waals surface area contributed by atoms with Gasteiger partial charge in [-0.1, -0.05) is 26.0 Å². The van der Waals surface area contributed by atoms with Gasteiger partial charge in [0.15, 0.2) is 0 Å². The van der Waals surface area contributed by atoms with E-state index in [0.717, 1.165) is 34.8 Å². The Hall–Kier alpha value is -1.92. The Morgan fingerprint density at radius 2 is 2.00 bits per heavy atom. The summed E-state index contributed by atoms with van der Waals surface area (Å²) in [6, 6.07) is 7.42. The molecule has 134 valence electrons. The number of benzene rings is 1. The smallest absolute Gasteiger partial charge is 0.319 e. The lowest BCUT2D eigenvalue weighted by atomic mass is 9.90. The maximum atomic E-state index is 12.1. The molecular weight excluding hydrogens is 334 g/mol. The van der Waals surface area contributed by atoms with Gasteiger partial charge in [0.25, 0.3) is 0 Å². The molecule has 1 aliphatic rings. The van der Waals surface area contributed by atoms with E-state index in [9.17, 15) is 9.90 Å². The average molecular weight is 359 g/mol. The number of aliphatic hydroxyl groups is 1. The summed E-state index contributed by atoms with van der Waals surface area (Å²) in [5, 5.41) is 19.1. The van der Waals surface area contributed by atoms with Gasteiger partial charge in [-0.25, -0.2) is 9.78 Å². The molecule has 25 heavy (non-hydrogen) atoms. The van der Waals surface area contributed by atoms with E-state index in [4.69, 9.17) is 0 Å². The third-order valence-electron chi connectivity index (χ3n) is 4.81. The van der Waals surface area contributed by atoms with Gasteiger partial charge in [0.1, 0.15) is 0 Å². The van der Waals surface area contributed by atoms with Gasteiger partial charge in [-0.15, -0.1) is 11.3 Å². The Labute approximate surface area is 152 Å². The van der Waals surface area contributed by atoms with Crippen LogP contribution in [0.1, 0.15) is 31.7 Å². The maximum Gasteiger partial charge on any atom is 0.319 e. The van der Waals surface area contributed by atoms with Crippen LogP contribution in [-0.2, 0) is 0 Å². The van der Waals surface area contributed by atoms with Crippen LogP contribution in [0, 0.1) is 18.3 Å². The molecule has 5 nitrogen and oxygen atoms in total. The molecule has 0 unspecified atom stereocenters. The first-order chi connectivity index (χ1) is 11.9. The molecule has 1 aromatic heterocycles. The predicted octanol–water partition coefficient (Wildman–Crippen LogP) is 4.04. The largest absolute Gasteiger partial charge is 0.392 e. The Balaban J connectivity index is 1.53. The Morgan fingerprint density at radius 3 is 2.52 bits per heavy atom. The number of carbonyl (C=O) groups is 1. The van der Waals surface area contributed by atoms with Crippen LogP contribution in [0.2, 0.25) is 0 Å². The summed E-state index contributed by atoms with van der Waals surface area (Å²) in [5.41, 5.74) is 2.59. The van der Waals surface area contributed by atoms with E-state index >= 15 is 0 Å². The number of carbonyl (C=O) groups excluding carboxylic acids is 1. The predicted molar refractivity (Wildman–Crippen MR) is 102 cm³/mol. The summed E-state index contributed by atoms with van der Waals surface area (Å²) in [6.07, 6.45) is 1.57. The van der Waals surface area contributed by atoms with E-state index < -0.39 is 0 Å². The van der Waals surface area contributed by atoms with Gasteiger partial charge < -0.3 is 15.7 Å². The van der Waals surface area contributed by atoms with Crippen molar-refractivity contribution in [1.82, 2.24) is 10.3 Å². The highest BCUT2D eigenvalue weighted by Crippen LogP contribution is 2.50. The van der Waals surface area contributed by atoms with E-state index in [1.54, 1.807) is 11.3 Å². The number of aromatic nitrogens is 1. The van der Waals surface area contributed by atoms with Gasteiger partial charge in [0, 0.05) is 28.6 Å². The Kier molecular flexibility index (Phi) is 5.11. The summed E-state index contributed by atoms with van der Waals surface area (Å²) in [5.74, 6) is 0.203. The molecule has 2 aromatic rings. The minimum Gasteiger partial charge on any atom is -0.392 e. The zero-order valence-electron chi connectivity index (χ0n) is 14.9. The van der Waals surface area contributed by atoms with Crippen molar-refractivity contribution in [3.8, 4) is 11.3 Å². The molecule has 0 radical (unpaired) electrons. The summed E-state index contributed by atoms with van der Waals surface area (Å²) in [4.78, 5) is 16.6. The highest BCUT2D eigenvalue weighted by molar-refractivity contribution is 7.09. The second-order valence-electron chi connectivity index (χ2n) is 7.19. The third kappa shape index (κ3) is 4.19. The number of thiazole rings is 1. The van der Waals surface area contributed by atoms with Crippen LogP contribution in [0.15, 0.2) is 29.6 Å². The fourth-order valence-electron chi connectivity index (χ4n) is 3.10. The van der Waals surface area contributed by atoms with Crippen LogP contribution >= 0.6 is 11.3 Å². The average Bonchev–Trinajstić information content (AvgIpc) is 3.26. The molecule has 1 saturated carbocycles. The number of aryl methyl sites for hydroxylation is 1. The minimum atomic E-state index is -0.367. The quantitative estimate of drug-likeness (QED) is 0.729. The van der Waals surface area contributed by atoms with Gasteiger partial charge in [-0.05, 0) is 37.8 Å². The monoisotopic (exact) mass is 359 g/mol. The highest BCUT2D eigenvalue weighted by atomic mass is 32.1. The van der Waals surface area contributed by atoms with Gasteiger partial charge in [0.2, 0.25) is 0 Å². The molecule has 0 spiro atoms. The third-order valence-corrected chi connectivity index (χ3v) is 5.58. The number of hydrogen-bond acceptors (Lipinski definition) is 4. The lowest BCUT2D eigenvalue weighted by Crippen LogP contribution is -2.40. The van der Waals surface area contributed by atoms with Crippen molar-refractivity contribution in [1.29, 1.82) is 0 Å². The zero-order valence-corrected chi connectivity index (χ0v) is 15.7. The van der Waals surface area contributed by atoms with Gasteiger partial charge in [-0.3, -0.25) is 0 Å². The first-order valence-electron chi connectivity index (χ1n) is 8.65. The number of anilines is 1. The molecule has 3 rings (SSSR count). The van der Waals surface area contributed by atoms with Crippen LogP contribution in [0.5, 0.6) is 0 Å². The topological polar surface area (TPSA) is 74.2 Å². The van der Waals surface area contributed by atoms with Crippen molar-refractivity contribution in [2.45, 2.75) is 39.7 Å². The van der Waals surface area contributed by atoms with Crippen LogP contribution in [0.25, 0.3) is 11.3 Å². The molecule has 1 heterocycles. The van der Waals surface area contributed by atoms with Crippen LogP contribution < -0.4 is 10.6 Å². The molecule has 1 aliphatic carbocycles. The first-order valence-corrected chi connectivity index (χ1v) is 9.53. The number of nitrogens with zero attached hydrogens (tertiary/aromatic N) is 1. The van der Waals surface area contributed by atoms with Gasteiger partial charge >= 0.3 is 6.03 Å². The Morgan fingerprint density at radius 1 is 1.32 bits per heavy atom. The summed E-state index contributed by atoms with van der Waals surface area (Å²) < 4.78 is 0. The lowest BCUT2D eigenvalue weighted by Gasteiger charge is -2.25. The molecule has 1 fully saturated rings. The fraction of sp³-hybridized carbons (Fsp3) is 0.474. The number of aliphatic hydroxyl groups excluding tert-OH is 1. The van der Waals surface area contributed by atoms with Crippen molar-refractivity contribution in [2.24, 2.45) is 11.3 Å². The van der Waals surface area contributed by atoms with Crippen molar-refractivity contribution in [3.63, 3.8) is 0 Å². The first kappa shape index (κ1) is 17.9. The van der Waals surface area contributed by atoms with Crippen LogP contribution in [-0.4, -0.2) is 28.8 Å². The second-order valence-corrected chi connectivity index (χ2v) is 8.25. The summed E-state index contributed by atoms with van der Waals surface area (Å²) in [7, 11) is 0. The van der Waals surface area contributed by atoms with E-state index in [2.05, 4.69) is 15.6 Å². The number of hydrogen-bond donors (Lipinski definition) is 3. The fourth-order valence-corrected chi connectivity index (χ4v) is 3.72. The van der Waals surface area contributed by atoms with Crippen molar-refractivity contribution >= 4 is 23.1 Å². The summed E-state index contributed by atoms with van der Waals surface area (Å²) >= 11 is 1.62. The molecule has 6 heteroatoms. The van der Waals surface area contributed by atoms with E-state index in [1.165, 1.54) is 0 Å². The normalized spacial score (nSPS) is 16.5. The van der Waals surface area contributed by atoms with Crippen LogP contribution in [0.3, 0.4) is 0 Å². The van der Waals surface area contributed by atoms with Crippen LogP contribution in [0.4, 0.5) is 10.5 Å². The molecule has 0 aliphatic heterocycles. The lowest BCUT2D eigenvalue weighted by molar-refractivity contribution is 0.0518. The standard InChI is InChI=1S/C19H25N3O2S/c1-12(2)17(23)19(8-9-19)11-20-18(24)22-15-6-4-14(5-7-15)16-10-25-13(3)21-16/h4-7,10,12,17,23H,8-9,11H2,1-3H3,(H2,20,22,24)/t17-/m0/s1. The van der Waals surface area contributed by atoms with E-state index in [0.29, 0.717) is 6.54 Å². The minimum absolute atomic E-state index is 0.141. The molecule has 2 amide bonds. The van der Waals surface area contributed by atoms with Crippen molar-refractivity contribution in [2.75, 3.05) is 11.9 Å². The number of rotatable bonds is 6. The molecule has 1 aromatic carbocycles. The molecule has 1 atom stereocenters. The maximum absolute atomic E-state index is 12.1. The number of urea groups is 1. The molecular formula is C19H25N3O2S. The van der Waals surface area contributed by atoms with Crippen molar-refractivity contribution < 1.29 is 9.90 Å². The van der Waals surface area contributed by atoms with E-state index in [1.807, 2.05) is 50.4 Å². The molecule has 3 N–H and O–H groups in total. The zero-order chi connectivity index (χ0) is 18.0. The summed E-state index contributed by atoms with van der Waals surface area (Å²) in [6.45, 7) is 6.51. The second kappa shape index (κ2) is 7.14. The SMILES string of the molecule is Cc1nc(-c2ccc(NC(=O)NCC3([C@@H](O)C(C)C)CC3)cc2)cs1. The highest BCUT2D eigenvalue weighted by Gasteiger charge is 2.49. The van der Waals surface area contributed by atoms with Gasteiger partial charge in [0.05, 0.1) is 16.8 Å². The van der Waals surface area contributed by atoms with Crippen molar-refractivity contribution in [3.05, 3.63) is 34.7 Å². The van der Waals surface area contributed by atoms with Gasteiger partial charge in [-0.2, -0.15) is 0 Å². The van der Waals surface area contributed by atoms with E-state index in [-0.39, 0.29) is 23.5 Å². The molecule has 0 saturated heterocycles. The molecule has 0 bridgehead atoms. The number of amides is 2. The number of nitrogens with one attached hydrogen (secondary N) is 2. The Bertz CT molecular complexity index is 735.